The third-order valence-electron chi connectivity index (χ3n) is 6.90. The summed E-state index contributed by atoms with van der Waals surface area (Å²) in [5.74, 6) is -0.118. The molecular formula is C31H39N3O5S. The Morgan fingerprint density at radius 2 is 1.62 bits per heavy atom. The van der Waals surface area contributed by atoms with E-state index in [1.807, 2.05) is 39.0 Å². The molecule has 0 saturated carbocycles. The minimum absolute atomic E-state index is 0.0769. The van der Waals surface area contributed by atoms with Gasteiger partial charge in [0.15, 0.2) is 0 Å². The maximum Gasteiger partial charge on any atom is 0.264 e. The lowest BCUT2D eigenvalue weighted by Gasteiger charge is -2.32. The molecule has 3 rings (SSSR count). The van der Waals surface area contributed by atoms with E-state index in [1.54, 1.807) is 56.5 Å². The van der Waals surface area contributed by atoms with Crippen LogP contribution in [0.3, 0.4) is 0 Å². The zero-order chi connectivity index (χ0) is 29.3. The van der Waals surface area contributed by atoms with E-state index < -0.39 is 28.5 Å². The minimum atomic E-state index is -4.09. The van der Waals surface area contributed by atoms with Gasteiger partial charge in [0, 0.05) is 13.1 Å². The molecule has 0 aliphatic carbocycles. The number of nitrogens with zero attached hydrogens (tertiary/aromatic N) is 2. The highest BCUT2D eigenvalue weighted by atomic mass is 32.2. The molecule has 3 aromatic rings. The monoisotopic (exact) mass is 565 g/mol. The molecule has 0 saturated heterocycles. The van der Waals surface area contributed by atoms with Crippen LogP contribution in [0.5, 0.6) is 5.75 Å². The Bertz CT molecular complexity index is 1390. The summed E-state index contributed by atoms with van der Waals surface area (Å²) >= 11 is 0. The third-order valence-corrected chi connectivity index (χ3v) is 8.69. The first-order chi connectivity index (χ1) is 19.1. The molecule has 0 spiro atoms. The number of methoxy groups -OCH3 is 1. The normalized spacial score (nSPS) is 11.9. The number of ether oxygens (including phenoxy) is 1. The molecule has 0 radical (unpaired) electrons. The van der Waals surface area contributed by atoms with Gasteiger partial charge < -0.3 is 15.0 Å². The van der Waals surface area contributed by atoms with E-state index in [0.29, 0.717) is 18.0 Å². The van der Waals surface area contributed by atoms with Gasteiger partial charge in [-0.1, -0.05) is 49.7 Å². The molecule has 0 aliphatic rings. The van der Waals surface area contributed by atoms with Crippen LogP contribution in [0.2, 0.25) is 0 Å². The molecule has 0 heterocycles. The van der Waals surface area contributed by atoms with Crippen LogP contribution in [0, 0.1) is 13.8 Å². The molecule has 0 unspecified atom stereocenters. The van der Waals surface area contributed by atoms with E-state index in [2.05, 4.69) is 5.32 Å². The summed E-state index contributed by atoms with van der Waals surface area (Å²) in [6.45, 7) is 7.68. The van der Waals surface area contributed by atoms with Crippen molar-refractivity contribution in [3.8, 4) is 5.75 Å². The largest absolute Gasteiger partial charge is 0.497 e. The van der Waals surface area contributed by atoms with Crippen molar-refractivity contribution in [3.63, 3.8) is 0 Å². The molecule has 1 atom stereocenters. The van der Waals surface area contributed by atoms with Gasteiger partial charge in [-0.2, -0.15) is 0 Å². The van der Waals surface area contributed by atoms with Crippen LogP contribution in [-0.2, 0) is 26.2 Å². The number of rotatable bonds is 13. The Morgan fingerprint density at radius 3 is 2.23 bits per heavy atom. The van der Waals surface area contributed by atoms with E-state index in [9.17, 15) is 18.0 Å². The molecule has 0 aromatic heterocycles. The highest BCUT2D eigenvalue weighted by Gasteiger charge is 2.32. The smallest absolute Gasteiger partial charge is 0.264 e. The average molecular weight is 566 g/mol. The molecule has 1 N–H and O–H groups in total. The Balaban J connectivity index is 2.00. The second-order valence-corrected chi connectivity index (χ2v) is 11.6. The van der Waals surface area contributed by atoms with Crippen molar-refractivity contribution in [2.45, 2.75) is 58.0 Å². The van der Waals surface area contributed by atoms with E-state index in [0.717, 1.165) is 33.8 Å². The van der Waals surface area contributed by atoms with Crippen molar-refractivity contribution in [2.75, 3.05) is 24.5 Å². The Kier molecular flexibility index (Phi) is 10.7. The van der Waals surface area contributed by atoms with Crippen molar-refractivity contribution < 1.29 is 22.7 Å². The fraction of sp³-hybridized carbons (Fsp3) is 0.355. The SMILES string of the molecule is CCCCNC(=O)[C@H](C)N(Cc1ccc(OC)cc1)C(=O)CN(c1ccc(C)c(C)c1)S(=O)(=O)c1ccccc1. The summed E-state index contributed by atoms with van der Waals surface area (Å²) in [7, 11) is -2.52. The van der Waals surface area contributed by atoms with Gasteiger partial charge in [-0.3, -0.25) is 13.9 Å². The second kappa shape index (κ2) is 14.0. The highest BCUT2D eigenvalue weighted by molar-refractivity contribution is 7.92. The number of carbonyl (C=O) groups excluding carboxylic acids is 2. The van der Waals surface area contributed by atoms with Crippen LogP contribution < -0.4 is 14.4 Å². The predicted molar refractivity (Wildman–Crippen MR) is 158 cm³/mol. The molecular weight excluding hydrogens is 526 g/mol. The van der Waals surface area contributed by atoms with Crippen molar-refractivity contribution >= 4 is 27.5 Å². The molecule has 9 heteroatoms. The van der Waals surface area contributed by atoms with E-state index >= 15 is 0 Å². The van der Waals surface area contributed by atoms with Crippen LogP contribution in [-0.4, -0.2) is 51.4 Å². The number of hydrogen-bond acceptors (Lipinski definition) is 5. The van der Waals surface area contributed by atoms with Gasteiger partial charge in [-0.25, -0.2) is 8.42 Å². The van der Waals surface area contributed by atoms with Gasteiger partial charge in [0.25, 0.3) is 10.0 Å². The van der Waals surface area contributed by atoms with Crippen LogP contribution in [0.1, 0.15) is 43.4 Å². The van der Waals surface area contributed by atoms with Crippen LogP contribution in [0.4, 0.5) is 5.69 Å². The van der Waals surface area contributed by atoms with E-state index in [1.165, 1.54) is 17.0 Å². The molecule has 0 bridgehead atoms. The number of amides is 2. The van der Waals surface area contributed by atoms with Crippen LogP contribution in [0.25, 0.3) is 0 Å². The Hall–Kier alpha value is -3.85. The number of unbranched alkanes of at least 4 members (excludes halogenated alkanes) is 1. The van der Waals surface area contributed by atoms with Crippen molar-refractivity contribution in [2.24, 2.45) is 0 Å². The van der Waals surface area contributed by atoms with Crippen LogP contribution >= 0.6 is 0 Å². The first kappa shape index (κ1) is 30.7. The summed E-state index contributed by atoms with van der Waals surface area (Å²) < 4.78 is 34.1. The molecule has 3 aromatic carbocycles. The number of aryl methyl sites for hydroxylation is 2. The lowest BCUT2D eigenvalue weighted by molar-refractivity contribution is -0.139. The van der Waals surface area contributed by atoms with Gasteiger partial charge in [0.1, 0.15) is 18.3 Å². The third kappa shape index (κ3) is 7.63. The predicted octanol–water partition coefficient (Wildman–Crippen LogP) is 4.84. The number of sulfonamides is 1. The maximum atomic E-state index is 14.0. The number of anilines is 1. The van der Waals surface area contributed by atoms with Crippen molar-refractivity contribution in [1.29, 1.82) is 0 Å². The molecule has 0 aliphatic heterocycles. The van der Waals surface area contributed by atoms with Gasteiger partial charge in [0.2, 0.25) is 11.8 Å². The van der Waals surface area contributed by atoms with E-state index in [4.69, 9.17) is 4.74 Å². The molecule has 0 fully saturated rings. The molecule has 40 heavy (non-hydrogen) atoms. The fourth-order valence-corrected chi connectivity index (χ4v) is 5.60. The van der Waals surface area contributed by atoms with Gasteiger partial charge in [-0.05, 0) is 80.3 Å². The number of hydrogen-bond donors (Lipinski definition) is 1. The number of carbonyl (C=O) groups is 2. The average Bonchev–Trinajstić information content (AvgIpc) is 2.96. The lowest BCUT2D eigenvalue weighted by Crippen LogP contribution is -2.51. The topological polar surface area (TPSA) is 96.0 Å². The maximum absolute atomic E-state index is 14.0. The first-order valence-electron chi connectivity index (χ1n) is 13.4. The zero-order valence-electron chi connectivity index (χ0n) is 23.9. The van der Waals surface area contributed by atoms with Crippen LogP contribution in [0.15, 0.2) is 77.7 Å². The van der Waals surface area contributed by atoms with Gasteiger partial charge in [-0.15, -0.1) is 0 Å². The zero-order valence-corrected chi connectivity index (χ0v) is 24.7. The van der Waals surface area contributed by atoms with Gasteiger partial charge in [0.05, 0.1) is 17.7 Å². The summed E-state index contributed by atoms with van der Waals surface area (Å²) in [5, 5.41) is 2.89. The standard InChI is InChI=1S/C31H39N3O5S/c1-6-7-19-32-31(36)25(4)33(21-26-14-17-28(39-5)18-15-26)30(35)22-34(27-16-13-23(2)24(3)20-27)40(37,38)29-11-9-8-10-12-29/h8-18,20,25H,6-7,19,21-22H2,1-5H3,(H,32,36)/t25-/m0/s1. The minimum Gasteiger partial charge on any atom is -0.497 e. The second-order valence-electron chi connectivity index (χ2n) is 9.78. The molecule has 2 amide bonds. The Morgan fingerprint density at radius 1 is 0.950 bits per heavy atom. The molecule has 8 nitrogen and oxygen atoms in total. The molecule has 214 valence electrons. The quantitative estimate of drug-likeness (QED) is 0.299. The first-order valence-corrected chi connectivity index (χ1v) is 14.9. The summed E-state index contributed by atoms with van der Waals surface area (Å²) in [5.41, 5.74) is 3.07. The summed E-state index contributed by atoms with van der Waals surface area (Å²) in [6, 6.07) is 19.7. The highest BCUT2D eigenvalue weighted by Crippen LogP contribution is 2.26. The summed E-state index contributed by atoms with van der Waals surface area (Å²) in [4.78, 5) is 28.5. The lowest BCUT2D eigenvalue weighted by atomic mass is 10.1. The number of nitrogens with one attached hydrogen (secondary N) is 1. The van der Waals surface area contributed by atoms with Crippen molar-refractivity contribution in [3.05, 3.63) is 89.5 Å². The Labute approximate surface area is 238 Å². The fourth-order valence-electron chi connectivity index (χ4n) is 4.18. The number of benzene rings is 3. The van der Waals surface area contributed by atoms with Crippen molar-refractivity contribution in [1.82, 2.24) is 10.2 Å². The van der Waals surface area contributed by atoms with E-state index in [-0.39, 0.29) is 17.3 Å². The summed E-state index contributed by atoms with van der Waals surface area (Å²) in [6.07, 6.45) is 1.74. The van der Waals surface area contributed by atoms with Gasteiger partial charge >= 0.3 is 0 Å².